The number of ether oxygens (including phenoxy) is 1. The summed E-state index contributed by atoms with van der Waals surface area (Å²) in [6.07, 6.45) is 11.8. The molecule has 140 valence electrons. The van der Waals surface area contributed by atoms with Crippen LogP contribution in [0.5, 0.6) is 0 Å². The van der Waals surface area contributed by atoms with Gasteiger partial charge in [-0.25, -0.2) is 0 Å². The van der Waals surface area contributed by atoms with Crippen LogP contribution < -0.4 is 0 Å². The molecular formula is C22H35NO2. The van der Waals surface area contributed by atoms with Gasteiger partial charge in [-0.1, -0.05) is 75.8 Å². The van der Waals surface area contributed by atoms with Crippen molar-refractivity contribution in [2.45, 2.75) is 77.4 Å². The zero-order valence-electron chi connectivity index (χ0n) is 15.9. The van der Waals surface area contributed by atoms with Crippen LogP contribution in [-0.2, 0) is 4.74 Å². The minimum absolute atomic E-state index is 0.0522. The molecule has 0 amide bonds. The summed E-state index contributed by atoms with van der Waals surface area (Å²) in [6, 6.07) is 9.63. The molecule has 1 fully saturated rings. The predicted molar refractivity (Wildman–Crippen MR) is 104 cm³/mol. The molecule has 2 rings (SSSR count). The summed E-state index contributed by atoms with van der Waals surface area (Å²) in [5.74, 6) is 0.194. The summed E-state index contributed by atoms with van der Waals surface area (Å²) in [4.78, 5) is 15.0. The van der Waals surface area contributed by atoms with Gasteiger partial charge in [-0.2, -0.15) is 0 Å². The molecule has 0 aromatic heterocycles. The molecule has 1 atom stereocenters. The highest BCUT2D eigenvalue weighted by molar-refractivity contribution is 5.96. The molecule has 0 N–H and O–H groups in total. The van der Waals surface area contributed by atoms with Crippen molar-refractivity contribution in [1.82, 2.24) is 4.90 Å². The molecule has 0 spiro atoms. The number of ketones is 1. The topological polar surface area (TPSA) is 29.5 Å². The van der Waals surface area contributed by atoms with Crippen LogP contribution >= 0.6 is 0 Å². The number of hydrogen-bond acceptors (Lipinski definition) is 3. The van der Waals surface area contributed by atoms with E-state index in [0.29, 0.717) is 6.42 Å². The van der Waals surface area contributed by atoms with Gasteiger partial charge in [0.25, 0.3) is 0 Å². The van der Waals surface area contributed by atoms with E-state index < -0.39 is 0 Å². The lowest BCUT2D eigenvalue weighted by molar-refractivity contribution is -0.0671. The molecule has 1 saturated heterocycles. The average molecular weight is 346 g/mol. The summed E-state index contributed by atoms with van der Waals surface area (Å²) in [5.41, 5.74) is 0.799. The standard InChI is InChI=1S/C22H35NO2/c1-2-3-4-5-6-13-18-25-22(23-16-11-8-12-17-23)19-21(24)20-14-9-7-10-15-20/h7,9-10,14-15,22H,2-6,8,11-13,16-19H2,1H3. The van der Waals surface area contributed by atoms with E-state index in [9.17, 15) is 4.79 Å². The first-order valence-corrected chi connectivity index (χ1v) is 10.2. The number of rotatable bonds is 12. The fourth-order valence-electron chi connectivity index (χ4n) is 3.50. The van der Waals surface area contributed by atoms with Gasteiger partial charge in [-0.05, 0) is 19.3 Å². The highest BCUT2D eigenvalue weighted by Crippen LogP contribution is 2.18. The number of likely N-dealkylation sites (tertiary alicyclic amines) is 1. The second kappa shape index (κ2) is 12.2. The summed E-state index contributed by atoms with van der Waals surface area (Å²) >= 11 is 0. The van der Waals surface area contributed by atoms with Crippen molar-refractivity contribution in [1.29, 1.82) is 0 Å². The van der Waals surface area contributed by atoms with Gasteiger partial charge >= 0.3 is 0 Å². The Morgan fingerprint density at radius 1 is 1.00 bits per heavy atom. The van der Waals surface area contributed by atoms with Gasteiger partial charge in [0.15, 0.2) is 5.78 Å². The van der Waals surface area contributed by atoms with Gasteiger partial charge in [0.05, 0.1) is 6.42 Å². The molecule has 0 radical (unpaired) electrons. The second-order valence-corrected chi connectivity index (χ2v) is 7.18. The number of benzene rings is 1. The molecule has 0 bridgehead atoms. The predicted octanol–water partition coefficient (Wildman–Crippen LogP) is 5.45. The van der Waals surface area contributed by atoms with E-state index in [-0.39, 0.29) is 12.0 Å². The van der Waals surface area contributed by atoms with Crippen LogP contribution in [0, 0.1) is 0 Å². The highest BCUT2D eigenvalue weighted by atomic mass is 16.5. The number of carbonyl (C=O) groups is 1. The Hall–Kier alpha value is -1.19. The lowest BCUT2D eigenvalue weighted by atomic mass is 10.1. The maximum absolute atomic E-state index is 12.6. The minimum atomic E-state index is -0.0522. The van der Waals surface area contributed by atoms with E-state index in [2.05, 4.69) is 11.8 Å². The number of piperidine rings is 1. The van der Waals surface area contributed by atoms with Crippen molar-refractivity contribution in [2.75, 3.05) is 19.7 Å². The monoisotopic (exact) mass is 345 g/mol. The first-order valence-electron chi connectivity index (χ1n) is 10.2. The van der Waals surface area contributed by atoms with Gasteiger partial charge in [-0.3, -0.25) is 9.69 Å². The Morgan fingerprint density at radius 3 is 2.40 bits per heavy atom. The zero-order chi connectivity index (χ0) is 17.7. The smallest absolute Gasteiger partial charge is 0.166 e. The third-order valence-electron chi connectivity index (χ3n) is 5.06. The van der Waals surface area contributed by atoms with Crippen LogP contribution in [0.4, 0.5) is 0 Å². The molecule has 1 aliphatic rings. The third kappa shape index (κ3) is 7.70. The molecule has 1 heterocycles. The number of hydrogen-bond donors (Lipinski definition) is 0. The number of nitrogens with zero attached hydrogens (tertiary/aromatic N) is 1. The van der Waals surface area contributed by atoms with Crippen LogP contribution in [0.25, 0.3) is 0 Å². The lowest BCUT2D eigenvalue weighted by Gasteiger charge is -2.34. The average Bonchev–Trinajstić information content (AvgIpc) is 2.67. The van der Waals surface area contributed by atoms with Crippen molar-refractivity contribution >= 4 is 5.78 Å². The van der Waals surface area contributed by atoms with Crippen LogP contribution in [-0.4, -0.2) is 36.6 Å². The Kier molecular flexibility index (Phi) is 9.83. The maximum atomic E-state index is 12.6. The Balaban J connectivity index is 1.79. The largest absolute Gasteiger partial charge is 0.363 e. The van der Waals surface area contributed by atoms with E-state index in [1.165, 1.54) is 51.4 Å². The van der Waals surface area contributed by atoms with Crippen LogP contribution in [0.1, 0.15) is 81.5 Å². The first-order chi connectivity index (χ1) is 12.3. The molecule has 3 nitrogen and oxygen atoms in total. The number of Topliss-reactive ketones (excluding diaryl/α,β-unsaturated/α-hetero) is 1. The van der Waals surface area contributed by atoms with E-state index >= 15 is 0 Å². The summed E-state index contributed by atoms with van der Waals surface area (Å²) in [6.45, 7) is 5.14. The normalized spacial score (nSPS) is 16.7. The zero-order valence-corrected chi connectivity index (χ0v) is 15.9. The van der Waals surface area contributed by atoms with Crippen molar-refractivity contribution < 1.29 is 9.53 Å². The first kappa shape index (κ1) is 20.1. The van der Waals surface area contributed by atoms with E-state index in [1.54, 1.807) is 0 Å². The SMILES string of the molecule is CCCCCCCCOC(CC(=O)c1ccccc1)N1CCCCC1. The van der Waals surface area contributed by atoms with Gasteiger partial charge < -0.3 is 4.74 Å². The molecule has 0 saturated carbocycles. The van der Waals surface area contributed by atoms with Crippen LogP contribution in [0.2, 0.25) is 0 Å². The second-order valence-electron chi connectivity index (χ2n) is 7.18. The minimum Gasteiger partial charge on any atom is -0.363 e. The van der Waals surface area contributed by atoms with E-state index in [4.69, 9.17) is 4.74 Å². The van der Waals surface area contributed by atoms with E-state index in [0.717, 1.165) is 31.7 Å². The van der Waals surface area contributed by atoms with Gasteiger partial charge in [0.1, 0.15) is 6.23 Å². The Labute approximate surface area is 153 Å². The number of carbonyl (C=O) groups excluding carboxylic acids is 1. The Morgan fingerprint density at radius 2 is 1.68 bits per heavy atom. The molecule has 1 aliphatic heterocycles. The van der Waals surface area contributed by atoms with Crippen molar-refractivity contribution in [3.05, 3.63) is 35.9 Å². The fourth-order valence-corrected chi connectivity index (χ4v) is 3.50. The molecule has 25 heavy (non-hydrogen) atoms. The Bertz CT molecular complexity index is 468. The van der Waals surface area contributed by atoms with Gasteiger partial charge in [0.2, 0.25) is 0 Å². The molecular weight excluding hydrogens is 310 g/mol. The quantitative estimate of drug-likeness (QED) is 0.373. The molecule has 1 unspecified atom stereocenters. The van der Waals surface area contributed by atoms with Gasteiger partial charge in [-0.15, -0.1) is 0 Å². The molecule has 0 aliphatic carbocycles. The van der Waals surface area contributed by atoms with Crippen LogP contribution in [0.3, 0.4) is 0 Å². The molecule has 1 aromatic rings. The van der Waals surface area contributed by atoms with Crippen molar-refractivity contribution in [2.24, 2.45) is 0 Å². The van der Waals surface area contributed by atoms with Gasteiger partial charge in [0, 0.05) is 25.3 Å². The van der Waals surface area contributed by atoms with E-state index in [1.807, 2.05) is 30.3 Å². The van der Waals surface area contributed by atoms with Crippen molar-refractivity contribution in [3.8, 4) is 0 Å². The molecule has 3 heteroatoms. The maximum Gasteiger partial charge on any atom is 0.166 e. The molecule has 1 aromatic carbocycles. The summed E-state index contributed by atoms with van der Waals surface area (Å²) in [5, 5.41) is 0. The summed E-state index contributed by atoms with van der Waals surface area (Å²) < 4.78 is 6.19. The highest BCUT2D eigenvalue weighted by Gasteiger charge is 2.24. The fraction of sp³-hybridized carbons (Fsp3) is 0.682. The summed E-state index contributed by atoms with van der Waals surface area (Å²) in [7, 11) is 0. The number of unbranched alkanes of at least 4 members (excludes halogenated alkanes) is 5. The van der Waals surface area contributed by atoms with Crippen LogP contribution in [0.15, 0.2) is 30.3 Å². The lowest BCUT2D eigenvalue weighted by Crippen LogP contribution is -2.42. The van der Waals surface area contributed by atoms with Crippen molar-refractivity contribution in [3.63, 3.8) is 0 Å². The third-order valence-corrected chi connectivity index (χ3v) is 5.06.